The highest BCUT2D eigenvalue weighted by atomic mass is 32.2. The molecule has 1 fully saturated rings. The van der Waals surface area contributed by atoms with Crippen molar-refractivity contribution in [2.75, 3.05) is 11.5 Å². The van der Waals surface area contributed by atoms with Gasteiger partial charge in [-0.05, 0) is 24.3 Å². The molecule has 1 heterocycles. The summed E-state index contributed by atoms with van der Waals surface area (Å²) in [6.45, 7) is 0. The van der Waals surface area contributed by atoms with Gasteiger partial charge in [-0.1, -0.05) is 36.4 Å². The standard InChI is InChI=1S/C18H16O4S2/c19-15(13-7-3-1-4-8-13)21-17-18(24-12-11-23-17)22-16(20)14-9-5-2-6-10-14/h1-10,17-18H,11-12H2. The molecular weight excluding hydrogens is 344 g/mol. The monoisotopic (exact) mass is 360 g/mol. The van der Waals surface area contributed by atoms with Gasteiger partial charge in [0.1, 0.15) is 0 Å². The predicted molar refractivity (Wildman–Crippen MR) is 96.2 cm³/mol. The Morgan fingerprint density at radius 3 is 1.46 bits per heavy atom. The van der Waals surface area contributed by atoms with E-state index in [0.29, 0.717) is 11.1 Å². The van der Waals surface area contributed by atoms with Gasteiger partial charge in [-0.15, -0.1) is 23.5 Å². The Hall–Kier alpha value is -1.92. The first-order valence-corrected chi connectivity index (χ1v) is 9.59. The molecule has 1 saturated heterocycles. The normalized spacial score (nSPS) is 20.2. The van der Waals surface area contributed by atoms with Gasteiger partial charge in [-0.3, -0.25) is 0 Å². The van der Waals surface area contributed by atoms with Gasteiger partial charge in [0.25, 0.3) is 0 Å². The topological polar surface area (TPSA) is 52.6 Å². The second kappa shape index (κ2) is 8.26. The maximum atomic E-state index is 12.2. The molecule has 1 aliphatic heterocycles. The molecule has 3 rings (SSSR count). The van der Waals surface area contributed by atoms with Crippen molar-refractivity contribution in [3.8, 4) is 0 Å². The Labute approximate surface area is 148 Å². The first kappa shape index (κ1) is 16.9. The Morgan fingerprint density at radius 2 is 1.08 bits per heavy atom. The molecule has 124 valence electrons. The molecule has 6 heteroatoms. The van der Waals surface area contributed by atoms with Crippen molar-refractivity contribution < 1.29 is 19.1 Å². The van der Waals surface area contributed by atoms with Crippen LogP contribution < -0.4 is 0 Å². The van der Waals surface area contributed by atoms with Crippen LogP contribution in [0.25, 0.3) is 0 Å². The lowest BCUT2D eigenvalue weighted by atomic mass is 10.2. The van der Waals surface area contributed by atoms with Gasteiger partial charge in [-0.25, -0.2) is 9.59 Å². The van der Waals surface area contributed by atoms with Crippen LogP contribution in [0.4, 0.5) is 0 Å². The summed E-state index contributed by atoms with van der Waals surface area (Å²) in [6, 6.07) is 17.6. The average Bonchev–Trinajstić information content (AvgIpc) is 2.64. The second-order valence-electron chi connectivity index (χ2n) is 5.02. The molecule has 4 nitrogen and oxygen atoms in total. The van der Waals surface area contributed by atoms with Crippen molar-refractivity contribution in [2.24, 2.45) is 0 Å². The number of benzene rings is 2. The number of ether oxygens (including phenoxy) is 2. The van der Waals surface area contributed by atoms with Gasteiger partial charge in [0.05, 0.1) is 11.1 Å². The smallest absolute Gasteiger partial charge is 0.339 e. The molecule has 0 radical (unpaired) electrons. The number of carbonyl (C=O) groups excluding carboxylic acids is 2. The number of esters is 2. The highest BCUT2D eigenvalue weighted by molar-refractivity contribution is 8.06. The quantitative estimate of drug-likeness (QED) is 0.773. The van der Waals surface area contributed by atoms with E-state index in [1.54, 1.807) is 48.5 Å². The Balaban J connectivity index is 1.65. The number of thioether (sulfide) groups is 2. The summed E-state index contributed by atoms with van der Waals surface area (Å²) in [6.07, 6.45) is 0. The molecule has 0 amide bonds. The van der Waals surface area contributed by atoms with Crippen LogP contribution in [0.15, 0.2) is 60.7 Å². The van der Waals surface area contributed by atoms with Crippen molar-refractivity contribution in [1.29, 1.82) is 0 Å². The van der Waals surface area contributed by atoms with E-state index in [4.69, 9.17) is 9.47 Å². The molecule has 1 aliphatic rings. The van der Waals surface area contributed by atoms with E-state index in [2.05, 4.69) is 0 Å². The maximum Gasteiger partial charge on any atom is 0.339 e. The maximum absolute atomic E-state index is 12.2. The fourth-order valence-electron chi connectivity index (χ4n) is 2.16. The lowest BCUT2D eigenvalue weighted by Crippen LogP contribution is -2.34. The minimum atomic E-state index is -0.510. The summed E-state index contributed by atoms with van der Waals surface area (Å²) < 4.78 is 11.1. The van der Waals surface area contributed by atoms with Crippen molar-refractivity contribution in [3.05, 3.63) is 71.8 Å². The molecular formula is C18H16O4S2. The molecule has 24 heavy (non-hydrogen) atoms. The van der Waals surface area contributed by atoms with Crippen LogP contribution in [-0.4, -0.2) is 34.3 Å². The molecule has 2 atom stereocenters. The van der Waals surface area contributed by atoms with Crippen molar-refractivity contribution in [2.45, 2.75) is 10.9 Å². The zero-order chi connectivity index (χ0) is 16.8. The summed E-state index contributed by atoms with van der Waals surface area (Å²) in [7, 11) is 0. The largest absolute Gasteiger partial charge is 0.443 e. The van der Waals surface area contributed by atoms with E-state index in [-0.39, 0.29) is 0 Å². The lowest BCUT2D eigenvalue weighted by Gasteiger charge is -2.29. The number of carbonyl (C=O) groups is 2. The Bertz CT molecular complexity index is 629. The van der Waals surface area contributed by atoms with E-state index >= 15 is 0 Å². The predicted octanol–water partition coefficient (Wildman–Crippen LogP) is 3.83. The minimum Gasteiger partial charge on any atom is -0.443 e. The molecule has 0 aromatic heterocycles. The molecule has 0 aliphatic carbocycles. The van der Waals surface area contributed by atoms with Gasteiger partial charge in [0, 0.05) is 11.5 Å². The number of hydrogen-bond acceptors (Lipinski definition) is 6. The van der Waals surface area contributed by atoms with Crippen LogP contribution >= 0.6 is 23.5 Å². The fraction of sp³-hybridized carbons (Fsp3) is 0.222. The molecule has 0 N–H and O–H groups in total. The van der Waals surface area contributed by atoms with Crippen LogP contribution in [0, 0.1) is 0 Å². The van der Waals surface area contributed by atoms with Gasteiger partial charge < -0.3 is 9.47 Å². The fourth-order valence-corrected chi connectivity index (χ4v) is 4.60. The van der Waals surface area contributed by atoms with E-state index in [1.807, 2.05) is 12.1 Å². The summed E-state index contributed by atoms with van der Waals surface area (Å²) in [5, 5.41) is 0. The number of rotatable bonds is 4. The van der Waals surface area contributed by atoms with Gasteiger partial charge >= 0.3 is 11.9 Å². The van der Waals surface area contributed by atoms with E-state index in [0.717, 1.165) is 11.5 Å². The Kier molecular flexibility index (Phi) is 5.82. The highest BCUT2D eigenvalue weighted by Crippen LogP contribution is 2.34. The molecule has 2 unspecified atom stereocenters. The summed E-state index contributed by atoms with van der Waals surface area (Å²) in [5.41, 5.74) is -0.0446. The SMILES string of the molecule is O=C(OC1SCCSC1OC(=O)c1ccccc1)c1ccccc1. The first-order chi connectivity index (χ1) is 11.7. The van der Waals surface area contributed by atoms with Crippen molar-refractivity contribution in [3.63, 3.8) is 0 Å². The molecule has 0 saturated carbocycles. The third kappa shape index (κ3) is 4.33. The van der Waals surface area contributed by atoms with E-state index < -0.39 is 22.8 Å². The molecule has 0 bridgehead atoms. The highest BCUT2D eigenvalue weighted by Gasteiger charge is 2.33. The molecule has 2 aromatic carbocycles. The average molecular weight is 360 g/mol. The van der Waals surface area contributed by atoms with E-state index in [9.17, 15) is 9.59 Å². The lowest BCUT2D eigenvalue weighted by molar-refractivity contribution is 0.0122. The van der Waals surface area contributed by atoms with Crippen molar-refractivity contribution >= 4 is 35.5 Å². The van der Waals surface area contributed by atoms with Crippen LogP contribution in [0.1, 0.15) is 20.7 Å². The summed E-state index contributed by atoms with van der Waals surface area (Å²) in [5.74, 6) is 0.876. The van der Waals surface area contributed by atoms with E-state index in [1.165, 1.54) is 23.5 Å². The summed E-state index contributed by atoms with van der Waals surface area (Å²) in [4.78, 5) is 24.5. The van der Waals surface area contributed by atoms with Crippen LogP contribution in [-0.2, 0) is 9.47 Å². The van der Waals surface area contributed by atoms with Gasteiger partial charge in [0.2, 0.25) is 0 Å². The van der Waals surface area contributed by atoms with Crippen molar-refractivity contribution in [1.82, 2.24) is 0 Å². The van der Waals surface area contributed by atoms with Crippen LogP contribution in [0.5, 0.6) is 0 Å². The zero-order valence-corrected chi connectivity index (χ0v) is 14.4. The summed E-state index contributed by atoms with van der Waals surface area (Å²) >= 11 is 2.98. The van der Waals surface area contributed by atoms with Gasteiger partial charge in [-0.2, -0.15) is 0 Å². The molecule has 2 aromatic rings. The Morgan fingerprint density at radius 1 is 0.708 bits per heavy atom. The zero-order valence-electron chi connectivity index (χ0n) is 12.8. The van der Waals surface area contributed by atoms with Crippen LogP contribution in [0.2, 0.25) is 0 Å². The first-order valence-electron chi connectivity index (χ1n) is 7.49. The van der Waals surface area contributed by atoms with Gasteiger partial charge in [0.15, 0.2) is 10.9 Å². The minimum absolute atomic E-state index is 0.406. The second-order valence-corrected chi connectivity index (χ2v) is 7.43. The molecule has 0 spiro atoms. The third-order valence-corrected chi connectivity index (χ3v) is 5.99. The third-order valence-electron chi connectivity index (χ3n) is 3.34. The number of hydrogen-bond donors (Lipinski definition) is 0. The van der Waals surface area contributed by atoms with Crippen LogP contribution in [0.3, 0.4) is 0 Å².